The van der Waals surface area contributed by atoms with Crippen molar-refractivity contribution >= 4 is 44.5 Å². The number of hydrogen-bond donors (Lipinski definition) is 2. The fourth-order valence-corrected chi connectivity index (χ4v) is 2.52. The second-order valence-electron chi connectivity index (χ2n) is 4.62. The maximum absolute atomic E-state index is 13.6. The fraction of sp³-hybridized carbons (Fsp3) is 0.133. The molecule has 2 nitrogen and oxygen atoms in total. The summed E-state index contributed by atoms with van der Waals surface area (Å²) in [5, 5.41) is 3.19. The van der Waals surface area contributed by atoms with Gasteiger partial charge in [-0.2, -0.15) is 0 Å². The lowest BCUT2D eigenvalue weighted by molar-refractivity contribution is 0.621. The van der Waals surface area contributed by atoms with E-state index in [1.807, 2.05) is 32.0 Å². The summed E-state index contributed by atoms with van der Waals surface area (Å²) in [6.45, 7) is 3.87. The Morgan fingerprint density at radius 3 is 2.55 bits per heavy atom. The number of benzene rings is 2. The molecule has 0 unspecified atom stereocenters. The number of hydrogen-bond acceptors (Lipinski definition) is 2. The van der Waals surface area contributed by atoms with Crippen LogP contribution in [0.15, 0.2) is 34.8 Å². The largest absolute Gasteiger partial charge is 0.389 e. The van der Waals surface area contributed by atoms with Crippen LogP contribution in [0.25, 0.3) is 0 Å². The van der Waals surface area contributed by atoms with Crippen molar-refractivity contribution < 1.29 is 4.39 Å². The molecule has 0 aliphatic rings. The molecule has 0 aliphatic heterocycles. The van der Waals surface area contributed by atoms with Crippen LogP contribution in [-0.4, -0.2) is 4.99 Å². The van der Waals surface area contributed by atoms with Gasteiger partial charge in [0.1, 0.15) is 10.8 Å². The topological polar surface area (TPSA) is 38.0 Å². The van der Waals surface area contributed by atoms with E-state index >= 15 is 0 Å². The molecule has 0 aromatic heterocycles. The van der Waals surface area contributed by atoms with E-state index in [4.69, 9.17) is 18.0 Å². The highest BCUT2D eigenvalue weighted by Gasteiger charge is 2.09. The molecule has 2 aromatic rings. The van der Waals surface area contributed by atoms with Gasteiger partial charge in [-0.15, -0.1) is 0 Å². The van der Waals surface area contributed by atoms with Gasteiger partial charge in [0.2, 0.25) is 0 Å². The summed E-state index contributed by atoms with van der Waals surface area (Å²) in [6.07, 6.45) is 0. The first-order valence-electron chi connectivity index (χ1n) is 6.01. The third kappa shape index (κ3) is 3.16. The summed E-state index contributed by atoms with van der Waals surface area (Å²) in [5.41, 5.74) is 9.94. The normalized spacial score (nSPS) is 10.4. The van der Waals surface area contributed by atoms with Crippen molar-refractivity contribution in [3.8, 4) is 0 Å². The van der Waals surface area contributed by atoms with Gasteiger partial charge in [0.25, 0.3) is 0 Å². The molecule has 0 heterocycles. The van der Waals surface area contributed by atoms with E-state index in [-0.39, 0.29) is 5.82 Å². The van der Waals surface area contributed by atoms with E-state index in [1.165, 1.54) is 6.07 Å². The number of anilines is 2. The first-order valence-corrected chi connectivity index (χ1v) is 7.21. The van der Waals surface area contributed by atoms with E-state index in [1.54, 1.807) is 6.07 Å². The molecule has 20 heavy (non-hydrogen) atoms. The van der Waals surface area contributed by atoms with Crippen LogP contribution in [0.1, 0.15) is 16.7 Å². The molecule has 3 N–H and O–H groups in total. The molecule has 0 radical (unpaired) electrons. The Hall–Kier alpha value is -1.46. The van der Waals surface area contributed by atoms with Crippen LogP contribution >= 0.6 is 28.1 Å². The quantitative estimate of drug-likeness (QED) is 0.793. The standard InChI is InChI=1S/C15H14BrFN2S/c1-8-3-4-13(10(5-8)15(18)20)19-14-7-12(17)11(16)6-9(14)2/h3-7,19H,1-2H3,(H2,18,20). The molecule has 0 fully saturated rings. The molecular weight excluding hydrogens is 339 g/mol. The average molecular weight is 353 g/mol. The molecule has 0 amide bonds. The molecule has 0 atom stereocenters. The van der Waals surface area contributed by atoms with Crippen molar-refractivity contribution in [2.24, 2.45) is 5.73 Å². The number of nitrogens with two attached hydrogens (primary N) is 1. The Morgan fingerprint density at radius 2 is 1.90 bits per heavy atom. The smallest absolute Gasteiger partial charge is 0.139 e. The molecule has 104 valence electrons. The van der Waals surface area contributed by atoms with Crippen molar-refractivity contribution in [1.29, 1.82) is 0 Å². The Bertz CT molecular complexity index is 686. The molecule has 0 aliphatic carbocycles. The zero-order chi connectivity index (χ0) is 14.9. The second-order valence-corrected chi connectivity index (χ2v) is 5.91. The highest BCUT2D eigenvalue weighted by atomic mass is 79.9. The summed E-state index contributed by atoms with van der Waals surface area (Å²) in [7, 11) is 0. The maximum atomic E-state index is 13.6. The van der Waals surface area contributed by atoms with E-state index in [0.717, 1.165) is 22.4 Å². The van der Waals surface area contributed by atoms with Crippen molar-refractivity contribution in [2.45, 2.75) is 13.8 Å². The maximum Gasteiger partial charge on any atom is 0.139 e. The minimum atomic E-state index is -0.318. The number of nitrogens with one attached hydrogen (secondary N) is 1. The second kappa shape index (κ2) is 5.89. The molecular formula is C15H14BrFN2S. The molecule has 0 bridgehead atoms. The van der Waals surface area contributed by atoms with Gasteiger partial charge in [-0.25, -0.2) is 4.39 Å². The average Bonchev–Trinajstić information content (AvgIpc) is 2.37. The van der Waals surface area contributed by atoms with Gasteiger partial charge in [0.05, 0.1) is 4.47 Å². The minimum Gasteiger partial charge on any atom is -0.389 e. The van der Waals surface area contributed by atoms with Crippen LogP contribution in [0.4, 0.5) is 15.8 Å². The highest BCUT2D eigenvalue weighted by Crippen LogP contribution is 2.28. The van der Waals surface area contributed by atoms with E-state index < -0.39 is 0 Å². The third-order valence-electron chi connectivity index (χ3n) is 2.98. The van der Waals surface area contributed by atoms with Crippen molar-refractivity contribution in [2.75, 3.05) is 5.32 Å². The zero-order valence-electron chi connectivity index (χ0n) is 11.1. The first kappa shape index (κ1) is 14.9. The van der Waals surface area contributed by atoms with Crippen LogP contribution in [0.5, 0.6) is 0 Å². The fourth-order valence-electron chi connectivity index (χ4n) is 1.90. The molecule has 0 saturated carbocycles. The van der Waals surface area contributed by atoms with Crippen LogP contribution in [-0.2, 0) is 0 Å². The van der Waals surface area contributed by atoms with Gasteiger partial charge >= 0.3 is 0 Å². The lowest BCUT2D eigenvalue weighted by Crippen LogP contribution is -2.12. The predicted octanol–water partition coefficient (Wildman–Crippen LogP) is 4.58. The van der Waals surface area contributed by atoms with Gasteiger partial charge in [-0.05, 0) is 59.6 Å². The lowest BCUT2D eigenvalue weighted by Gasteiger charge is -2.14. The van der Waals surface area contributed by atoms with Crippen LogP contribution in [0, 0.1) is 19.7 Å². The third-order valence-corrected chi connectivity index (χ3v) is 3.80. The molecule has 2 aromatic carbocycles. The summed E-state index contributed by atoms with van der Waals surface area (Å²) in [5.74, 6) is -0.318. The van der Waals surface area contributed by atoms with Crippen molar-refractivity contribution in [3.05, 3.63) is 57.3 Å². The Balaban J connectivity index is 2.45. The molecule has 0 spiro atoms. The Labute approximate surface area is 131 Å². The number of halogens is 2. The van der Waals surface area contributed by atoms with Crippen LogP contribution in [0.2, 0.25) is 0 Å². The first-order chi connectivity index (χ1) is 9.38. The van der Waals surface area contributed by atoms with E-state index in [9.17, 15) is 4.39 Å². The van der Waals surface area contributed by atoms with Crippen molar-refractivity contribution in [3.63, 3.8) is 0 Å². The molecule has 5 heteroatoms. The van der Waals surface area contributed by atoms with Crippen molar-refractivity contribution in [1.82, 2.24) is 0 Å². The molecule has 2 rings (SSSR count). The predicted molar refractivity (Wildman–Crippen MR) is 89.2 cm³/mol. The highest BCUT2D eigenvalue weighted by molar-refractivity contribution is 9.10. The molecule has 0 saturated heterocycles. The van der Waals surface area contributed by atoms with Gasteiger partial charge < -0.3 is 11.1 Å². The monoisotopic (exact) mass is 352 g/mol. The summed E-state index contributed by atoms with van der Waals surface area (Å²) >= 11 is 8.23. The minimum absolute atomic E-state index is 0.312. The summed E-state index contributed by atoms with van der Waals surface area (Å²) in [6, 6.07) is 8.93. The summed E-state index contributed by atoms with van der Waals surface area (Å²) in [4.78, 5) is 0.312. The number of rotatable bonds is 3. The van der Waals surface area contributed by atoms with Crippen LogP contribution in [0.3, 0.4) is 0 Å². The van der Waals surface area contributed by atoms with Gasteiger partial charge in [-0.3, -0.25) is 0 Å². The summed E-state index contributed by atoms with van der Waals surface area (Å²) < 4.78 is 14.1. The van der Waals surface area contributed by atoms with E-state index in [0.29, 0.717) is 15.1 Å². The number of thiocarbonyl (C=S) groups is 1. The van der Waals surface area contributed by atoms with Gasteiger partial charge in [-0.1, -0.05) is 23.8 Å². The van der Waals surface area contributed by atoms with Gasteiger partial charge in [0, 0.05) is 16.9 Å². The van der Waals surface area contributed by atoms with E-state index in [2.05, 4.69) is 21.2 Å². The Kier molecular flexibility index (Phi) is 4.40. The number of aryl methyl sites for hydroxylation is 2. The Morgan fingerprint density at radius 1 is 1.20 bits per heavy atom. The van der Waals surface area contributed by atoms with Gasteiger partial charge in [0.15, 0.2) is 0 Å². The van der Waals surface area contributed by atoms with Crippen LogP contribution < -0.4 is 11.1 Å². The zero-order valence-corrected chi connectivity index (χ0v) is 13.5. The lowest BCUT2D eigenvalue weighted by atomic mass is 10.1. The SMILES string of the molecule is Cc1ccc(Nc2cc(F)c(Br)cc2C)c(C(N)=S)c1.